The second-order valence-corrected chi connectivity index (χ2v) is 5.84. The molecule has 2 rings (SSSR count). The Morgan fingerprint density at radius 3 is 2.75 bits per heavy atom. The first kappa shape index (κ1) is 15.4. The lowest BCUT2D eigenvalue weighted by Crippen LogP contribution is -2.07. The van der Waals surface area contributed by atoms with Gasteiger partial charge in [0.2, 0.25) is 0 Å². The van der Waals surface area contributed by atoms with Crippen molar-refractivity contribution in [1.82, 2.24) is 9.97 Å². The third kappa shape index (κ3) is 3.38. The van der Waals surface area contributed by atoms with Crippen molar-refractivity contribution in [2.75, 3.05) is 11.9 Å². The molecule has 0 saturated carbocycles. The number of halogens is 3. The molecule has 0 aliphatic heterocycles. The van der Waals surface area contributed by atoms with Crippen molar-refractivity contribution in [3.8, 4) is 11.4 Å². The largest absolute Gasteiger partial charge is 0.369 e. The van der Waals surface area contributed by atoms with Gasteiger partial charge in [-0.25, -0.2) is 14.4 Å². The fourth-order valence-electron chi connectivity index (χ4n) is 1.68. The van der Waals surface area contributed by atoms with Crippen LogP contribution in [0.5, 0.6) is 0 Å². The molecule has 2 aromatic rings. The van der Waals surface area contributed by atoms with Crippen LogP contribution in [0.15, 0.2) is 18.2 Å². The fourth-order valence-corrected chi connectivity index (χ4v) is 2.30. The van der Waals surface area contributed by atoms with Gasteiger partial charge in [-0.05, 0) is 54.1 Å². The quantitative estimate of drug-likeness (QED) is 0.751. The van der Waals surface area contributed by atoms with Gasteiger partial charge in [-0.3, -0.25) is 0 Å². The summed E-state index contributed by atoms with van der Waals surface area (Å²) in [5, 5.41) is 3.35. The standard InChI is InChI=1S/C14H14ClFIN3/c1-3-6-18-14-12(17)8(2)19-13(20-14)9-4-5-11(16)10(15)7-9/h4-5,7H,3,6H2,1-2H3,(H,18,19,20). The highest BCUT2D eigenvalue weighted by molar-refractivity contribution is 14.1. The molecular weight excluding hydrogens is 392 g/mol. The van der Waals surface area contributed by atoms with E-state index in [4.69, 9.17) is 11.6 Å². The van der Waals surface area contributed by atoms with Crippen LogP contribution in [-0.4, -0.2) is 16.5 Å². The second kappa shape index (κ2) is 6.67. The Bertz CT molecular complexity index is 634. The Labute approximate surface area is 136 Å². The smallest absolute Gasteiger partial charge is 0.161 e. The van der Waals surface area contributed by atoms with E-state index in [2.05, 4.69) is 44.8 Å². The lowest BCUT2D eigenvalue weighted by Gasteiger charge is -2.11. The molecule has 1 N–H and O–H groups in total. The summed E-state index contributed by atoms with van der Waals surface area (Å²) in [6.45, 7) is 4.86. The molecule has 1 heterocycles. The Balaban J connectivity index is 2.45. The molecule has 0 saturated heterocycles. The van der Waals surface area contributed by atoms with Crippen LogP contribution in [0, 0.1) is 16.3 Å². The van der Waals surface area contributed by atoms with E-state index in [1.807, 2.05) is 6.92 Å². The normalized spacial score (nSPS) is 10.7. The van der Waals surface area contributed by atoms with E-state index >= 15 is 0 Å². The van der Waals surface area contributed by atoms with Crippen LogP contribution in [0.3, 0.4) is 0 Å². The van der Waals surface area contributed by atoms with Gasteiger partial charge in [0, 0.05) is 12.1 Å². The van der Waals surface area contributed by atoms with Crippen LogP contribution in [0.1, 0.15) is 19.0 Å². The SMILES string of the molecule is CCCNc1nc(-c2ccc(F)c(Cl)c2)nc(C)c1I. The van der Waals surface area contributed by atoms with Crippen molar-refractivity contribution < 1.29 is 4.39 Å². The molecule has 0 spiro atoms. The van der Waals surface area contributed by atoms with E-state index in [9.17, 15) is 4.39 Å². The minimum absolute atomic E-state index is 0.0744. The molecular formula is C14H14ClFIN3. The number of aromatic nitrogens is 2. The average Bonchev–Trinajstić information content (AvgIpc) is 2.43. The molecule has 0 aliphatic rings. The van der Waals surface area contributed by atoms with E-state index in [1.54, 1.807) is 12.1 Å². The van der Waals surface area contributed by atoms with Gasteiger partial charge in [0.1, 0.15) is 11.6 Å². The number of nitrogens with zero attached hydrogens (tertiary/aromatic N) is 2. The minimum Gasteiger partial charge on any atom is -0.369 e. The first-order valence-electron chi connectivity index (χ1n) is 6.26. The summed E-state index contributed by atoms with van der Waals surface area (Å²) >= 11 is 8.03. The summed E-state index contributed by atoms with van der Waals surface area (Å²) in [4.78, 5) is 8.94. The van der Waals surface area contributed by atoms with Crippen molar-refractivity contribution >= 4 is 40.0 Å². The van der Waals surface area contributed by atoms with Gasteiger partial charge < -0.3 is 5.32 Å². The van der Waals surface area contributed by atoms with Crippen LogP contribution in [0.25, 0.3) is 11.4 Å². The highest BCUT2D eigenvalue weighted by atomic mass is 127. The van der Waals surface area contributed by atoms with Gasteiger partial charge >= 0.3 is 0 Å². The summed E-state index contributed by atoms with van der Waals surface area (Å²) in [6, 6.07) is 4.50. The summed E-state index contributed by atoms with van der Waals surface area (Å²) in [5.74, 6) is 0.904. The number of hydrogen-bond donors (Lipinski definition) is 1. The third-order valence-electron chi connectivity index (χ3n) is 2.74. The van der Waals surface area contributed by atoms with E-state index in [1.165, 1.54) is 6.07 Å². The van der Waals surface area contributed by atoms with E-state index < -0.39 is 5.82 Å². The third-order valence-corrected chi connectivity index (χ3v) is 4.32. The highest BCUT2D eigenvalue weighted by Crippen LogP contribution is 2.26. The molecule has 0 radical (unpaired) electrons. The summed E-state index contributed by atoms with van der Waals surface area (Å²) in [7, 11) is 0. The van der Waals surface area contributed by atoms with Gasteiger partial charge in [0.25, 0.3) is 0 Å². The van der Waals surface area contributed by atoms with E-state index in [0.717, 1.165) is 28.0 Å². The summed E-state index contributed by atoms with van der Waals surface area (Å²) < 4.78 is 14.2. The van der Waals surface area contributed by atoms with Crippen LogP contribution < -0.4 is 5.32 Å². The number of hydrogen-bond acceptors (Lipinski definition) is 3. The highest BCUT2D eigenvalue weighted by Gasteiger charge is 2.11. The zero-order valence-electron chi connectivity index (χ0n) is 11.2. The molecule has 0 atom stereocenters. The molecule has 0 bridgehead atoms. The van der Waals surface area contributed by atoms with Crippen LogP contribution in [0.4, 0.5) is 10.2 Å². The number of benzene rings is 1. The van der Waals surface area contributed by atoms with Crippen molar-refractivity contribution in [3.63, 3.8) is 0 Å². The van der Waals surface area contributed by atoms with Crippen molar-refractivity contribution in [1.29, 1.82) is 0 Å². The number of rotatable bonds is 4. The lowest BCUT2D eigenvalue weighted by atomic mass is 10.2. The number of anilines is 1. The molecule has 0 aliphatic carbocycles. The number of nitrogens with one attached hydrogen (secondary N) is 1. The lowest BCUT2D eigenvalue weighted by molar-refractivity contribution is 0.628. The van der Waals surface area contributed by atoms with Gasteiger partial charge in [0.15, 0.2) is 5.82 Å². The second-order valence-electron chi connectivity index (χ2n) is 4.35. The molecule has 20 heavy (non-hydrogen) atoms. The molecule has 6 heteroatoms. The van der Waals surface area contributed by atoms with Gasteiger partial charge in [-0.1, -0.05) is 18.5 Å². The molecule has 106 valence electrons. The van der Waals surface area contributed by atoms with Crippen LogP contribution >= 0.6 is 34.2 Å². The first-order valence-corrected chi connectivity index (χ1v) is 7.72. The Kier molecular flexibility index (Phi) is 5.15. The van der Waals surface area contributed by atoms with E-state index in [-0.39, 0.29) is 5.02 Å². The van der Waals surface area contributed by atoms with Crippen molar-refractivity contribution in [2.24, 2.45) is 0 Å². The first-order chi connectivity index (χ1) is 9.52. The zero-order chi connectivity index (χ0) is 14.7. The Hall–Kier alpha value is -0.950. The predicted octanol–water partition coefficient (Wildman–Crippen LogP) is 4.67. The maximum atomic E-state index is 13.2. The molecule has 0 amide bonds. The van der Waals surface area contributed by atoms with Gasteiger partial charge in [0.05, 0.1) is 14.3 Å². The topological polar surface area (TPSA) is 37.8 Å². The predicted molar refractivity (Wildman–Crippen MR) is 88.7 cm³/mol. The van der Waals surface area contributed by atoms with Gasteiger partial charge in [-0.2, -0.15) is 0 Å². The Morgan fingerprint density at radius 2 is 2.10 bits per heavy atom. The van der Waals surface area contributed by atoms with E-state index in [0.29, 0.717) is 11.4 Å². The molecule has 0 fully saturated rings. The molecule has 3 nitrogen and oxygen atoms in total. The maximum absolute atomic E-state index is 13.2. The molecule has 1 aromatic heterocycles. The van der Waals surface area contributed by atoms with Gasteiger partial charge in [-0.15, -0.1) is 0 Å². The monoisotopic (exact) mass is 405 g/mol. The summed E-state index contributed by atoms with van der Waals surface area (Å²) in [5.41, 5.74) is 1.59. The van der Waals surface area contributed by atoms with Crippen LogP contribution in [-0.2, 0) is 0 Å². The zero-order valence-corrected chi connectivity index (χ0v) is 14.1. The number of aryl methyl sites for hydroxylation is 1. The Morgan fingerprint density at radius 1 is 1.35 bits per heavy atom. The average molecular weight is 406 g/mol. The molecule has 0 unspecified atom stereocenters. The summed E-state index contributed by atoms with van der Waals surface area (Å²) in [6.07, 6.45) is 1.01. The maximum Gasteiger partial charge on any atom is 0.161 e. The van der Waals surface area contributed by atoms with Crippen molar-refractivity contribution in [2.45, 2.75) is 20.3 Å². The molecule has 1 aromatic carbocycles. The van der Waals surface area contributed by atoms with Crippen molar-refractivity contribution in [3.05, 3.63) is 38.3 Å². The fraction of sp³-hybridized carbons (Fsp3) is 0.286. The minimum atomic E-state index is -0.443. The van der Waals surface area contributed by atoms with Crippen LogP contribution in [0.2, 0.25) is 5.02 Å².